The predicted molar refractivity (Wildman–Crippen MR) is 77.6 cm³/mol. The van der Waals surface area contributed by atoms with Gasteiger partial charge in [-0.3, -0.25) is 4.79 Å². The van der Waals surface area contributed by atoms with Gasteiger partial charge in [0.05, 0.1) is 15.4 Å². The number of aliphatic carboxylic acids is 1. The van der Waals surface area contributed by atoms with E-state index in [1.54, 1.807) is 0 Å². The van der Waals surface area contributed by atoms with Crippen LogP contribution in [0.4, 0.5) is 14.9 Å². The fourth-order valence-electron chi connectivity index (χ4n) is 1.42. The van der Waals surface area contributed by atoms with Crippen LogP contribution in [0.25, 0.3) is 0 Å². The molecule has 0 aromatic heterocycles. The number of rotatable bonds is 4. The van der Waals surface area contributed by atoms with Gasteiger partial charge >= 0.3 is 12.0 Å². The van der Waals surface area contributed by atoms with Crippen LogP contribution < -0.4 is 5.32 Å². The summed E-state index contributed by atoms with van der Waals surface area (Å²) < 4.78 is 13.5. The third-order valence-corrected chi connectivity index (χ3v) is 3.88. The van der Waals surface area contributed by atoms with E-state index in [9.17, 15) is 14.0 Å². The second-order valence-corrected chi connectivity index (χ2v) is 5.50. The van der Waals surface area contributed by atoms with Crippen molar-refractivity contribution < 1.29 is 19.1 Å². The molecule has 1 aromatic rings. The molecule has 5 nitrogen and oxygen atoms in total. The van der Waals surface area contributed by atoms with Crippen molar-refractivity contribution in [3.63, 3.8) is 0 Å². The van der Waals surface area contributed by atoms with Gasteiger partial charge in [-0.2, -0.15) is 0 Å². The van der Waals surface area contributed by atoms with Crippen molar-refractivity contribution in [1.82, 2.24) is 4.90 Å². The van der Waals surface area contributed by atoms with Crippen molar-refractivity contribution >= 4 is 45.2 Å². The molecular weight excluding hydrogens is 354 g/mol. The SMILES string of the molecule is CC(CN(C)C(=O)Nc1cc(F)c(Br)c(Cl)c1)C(=O)O. The molecule has 1 atom stereocenters. The molecule has 0 fully saturated rings. The van der Waals surface area contributed by atoms with E-state index < -0.39 is 23.7 Å². The number of benzene rings is 1. The predicted octanol–water partition coefficient (Wildman–Crippen LogP) is 3.43. The molecule has 0 radical (unpaired) electrons. The highest BCUT2D eigenvalue weighted by atomic mass is 79.9. The maximum absolute atomic E-state index is 13.4. The molecule has 2 N–H and O–H groups in total. The second kappa shape index (κ2) is 6.90. The second-order valence-electron chi connectivity index (χ2n) is 4.30. The molecule has 0 aliphatic rings. The van der Waals surface area contributed by atoms with Crippen LogP contribution in [0.1, 0.15) is 6.92 Å². The van der Waals surface area contributed by atoms with E-state index >= 15 is 0 Å². The lowest BCUT2D eigenvalue weighted by molar-refractivity contribution is -0.141. The first-order valence-electron chi connectivity index (χ1n) is 5.61. The highest BCUT2D eigenvalue weighted by molar-refractivity contribution is 9.10. The molecule has 0 aliphatic heterocycles. The van der Waals surface area contributed by atoms with Crippen LogP contribution in [0.2, 0.25) is 5.02 Å². The average molecular weight is 368 g/mol. The minimum atomic E-state index is -0.998. The van der Waals surface area contributed by atoms with Gasteiger partial charge in [0.1, 0.15) is 5.82 Å². The van der Waals surface area contributed by atoms with E-state index in [-0.39, 0.29) is 21.7 Å². The van der Waals surface area contributed by atoms with Crippen molar-refractivity contribution in [2.45, 2.75) is 6.92 Å². The van der Waals surface area contributed by atoms with Crippen LogP contribution in [0.3, 0.4) is 0 Å². The number of halogens is 3. The lowest BCUT2D eigenvalue weighted by Gasteiger charge is -2.20. The first kappa shape index (κ1) is 16.7. The largest absolute Gasteiger partial charge is 0.481 e. The average Bonchev–Trinajstić information content (AvgIpc) is 2.35. The zero-order chi connectivity index (χ0) is 15.4. The van der Waals surface area contributed by atoms with Crippen molar-refractivity contribution in [1.29, 1.82) is 0 Å². The van der Waals surface area contributed by atoms with Gasteiger partial charge in [0.15, 0.2) is 0 Å². The smallest absolute Gasteiger partial charge is 0.321 e. The Morgan fingerprint density at radius 2 is 2.15 bits per heavy atom. The van der Waals surface area contributed by atoms with E-state index in [1.807, 2.05) is 0 Å². The summed E-state index contributed by atoms with van der Waals surface area (Å²) in [6.45, 7) is 1.52. The molecular formula is C12H13BrClFN2O3. The van der Waals surface area contributed by atoms with Crippen LogP contribution in [0.15, 0.2) is 16.6 Å². The zero-order valence-corrected chi connectivity index (χ0v) is 13.1. The Hall–Kier alpha value is -1.34. The van der Waals surface area contributed by atoms with Gasteiger partial charge in [0.25, 0.3) is 0 Å². The minimum Gasteiger partial charge on any atom is -0.481 e. The molecule has 0 bridgehead atoms. The fraction of sp³-hybridized carbons (Fsp3) is 0.333. The minimum absolute atomic E-state index is 0.0356. The topological polar surface area (TPSA) is 69.6 Å². The van der Waals surface area contributed by atoms with E-state index in [0.29, 0.717) is 0 Å². The normalized spacial score (nSPS) is 11.8. The molecule has 0 spiro atoms. The number of carbonyl (C=O) groups is 2. The lowest BCUT2D eigenvalue weighted by atomic mass is 10.2. The number of carboxylic acid groups (broad SMARTS) is 1. The molecule has 0 aliphatic carbocycles. The molecule has 8 heteroatoms. The van der Waals surface area contributed by atoms with Gasteiger partial charge in [-0.1, -0.05) is 18.5 Å². The van der Waals surface area contributed by atoms with Gasteiger partial charge in [-0.15, -0.1) is 0 Å². The Morgan fingerprint density at radius 1 is 1.55 bits per heavy atom. The summed E-state index contributed by atoms with van der Waals surface area (Å²) in [7, 11) is 1.45. The quantitative estimate of drug-likeness (QED) is 0.801. The number of anilines is 1. The van der Waals surface area contributed by atoms with E-state index in [2.05, 4.69) is 21.2 Å². The third-order valence-electron chi connectivity index (χ3n) is 2.55. The van der Waals surface area contributed by atoms with Gasteiger partial charge in [-0.05, 0) is 28.1 Å². The standard InChI is InChI=1S/C12H13BrClFN2O3/c1-6(11(18)19)5-17(2)12(20)16-7-3-8(14)10(13)9(15)4-7/h3-4,6H,5H2,1-2H3,(H,16,20)(H,18,19). The summed E-state index contributed by atoms with van der Waals surface area (Å²) in [5, 5.41) is 11.3. The lowest BCUT2D eigenvalue weighted by Crippen LogP contribution is -2.36. The number of amides is 2. The maximum atomic E-state index is 13.4. The molecule has 0 heterocycles. The number of carbonyl (C=O) groups excluding carboxylic acids is 1. The first-order chi connectivity index (χ1) is 9.22. The van der Waals surface area contributed by atoms with Gasteiger partial charge in [0.2, 0.25) is 0 Å². The Kier molecular flexibility index (Phi) is 5.76. The molecule has 20 heavy (non-hydrogen) atoms. The molecule has 2 amide bonds. The van der Waals surface area contributed by atoms with Crippen molar-refractivity contribution in [2.24, 2.45) is 5.92 Å². The summed E-state index contributed by atoms with van der Waals surface area (Å²) in [4.78, 5) is 23.7. The Morgan fingerprint density at radius 3 is 2.65 bits per heavy atom. The highest BCUT2D eigenvalue weighted by Gasteiger charge is 2.18. The van der Waals surface area contributed by atoms with E-state index in [1.165, 1.54) is 24.9 Å². The summed E-state index contributed by atoms with van der Waals surface area (Å²) in [5.74, 6) is -2.30. The molecule has 110 valence electrons. The summed E-state index contributed by atoms with van der Waals surface area (Å²) in [5.41, 5.74) is 0.190. The monoisotopic (exact) mass is 366 g/mol. The van der Waals surface area contributed by atoms with Crippen LogP contribution in [0.5, 0.6) is 0 Å². The van der Waals surface area contributed by atoms with Gasteiger partial charge in [-0.25, -0.2) is 9.18 Å². The number of hydrogen-bond acceptors (Lipinski definition) is 2. The van der Waals surface area contributed by atoms with Crippen molar-refractivity contribution in [3.05, 3.63) is 27.4 Å². The zero-order valence-electron chi connectivity index (χ0n) is 10.8. The number of nitrogens with one attached hydrogen (secondary N) is 1. The van der Waals surface area contributed by atoms with Gasteiger partial charge in [0, 0.05) is 19.3 Å². The Balaban J connectivity index is 2.73. The Labute approximate surface area is 128 Å². The van der Waals surface area contributed by atoms with E-state index in [0.717, 1.165) is 6.07 Å². The Bertz CT molecular complexity index is 518. The van der Waals surface area contributed by atoms with Crippen LogP contribution in [-0.2, 0) is 4.79 Å². The van der Waals surface area contributed by atoms with Crippen LogP contribution in [-0.4, -0.2) is 35.6 Å². The number of nitrogens with zero attached hydrogens (tertiary/aromatic N) is 1. The summed E-state index contributed by atoms with van der Waals surface area (Å²) in [6, 6.07) is 1.96. The number of hydrogen-bond donors (Lipinski definition) is 2. The first-order valence-corrected chi connectivity index (χ1v) is 6.79. The summed E-state index contributed by atoms with van der Waals surface area (Å²) in [6.07, 6.45) is 0. The maximum Gasteiger partial charge on any atom is 0.321 e. The van der Waals surface area contributed by atoms with E-state index in [4.69, 9.17) is 16.7 Å². The molecule has 1 unspecified atom stereocenters. The van der Waals surface area contributed by atoms with Crippen molar-refractivity contribution in [2.75, 3.05) is 18.9 Å². The third kappa shape index (κ3) is 4.35. The fourth-order valence-corrected chi connectivity index (χ4v) is 1.86. The van der Waals surface area contributed by atoms with Crippen LogP contribution >= 0.6 is 27.5 Å². The molecule has 0 saturated heterocycles. The molecule has 1 aromatic carbocycles. The molecule has 1 rings (SSSR count). The van der Waals surface area contributed by atoms with Crippen molar-refractivity contribution in [3.8, 4) is 0 Å². The number of carboxylic acids is 1. The molecule has 0 saturated carbocycles. The van der Waals surface area contributed by atoms with Gasteiger partial charge < -0.3 is 15.3 Å². The summed E-state index contributed by atoms with van der Waals surface area (Å²) >= 11 is 8.74. The van der Waals surface area contributed by atoms with Crippen LogP contribution in [0, 0.1) is 11.7 Å². The highest BCUT2D eigenvalue weighted by Crippen LogP contribution is 2.29. The number of urea groups is 1.